The Labute approximate surface area is 96.4 Å². The van der Waals surface area contributed by atoms with Crippen molar-refractivity contribution in [1.82, 2.24) is 5.32 Å². The summed E-state index contributed by atoms with van der Waals surface area (Å²) >= 11 is 3.55. The minimum atomic E-state index is 0.0440. The number of hydrogen-bond donors (Lipinski definition) is 2. The van der Waals surface area contributed by atoms with Crippen LogP contribution in [-0.4, -0.2) is 12.5 Å². The molecule has 0 aliphatic carbocycles. The third-order valence-electron chi connectivity index (χ3n) is 3.13. The fourth-order valence-corrected chi connectivity index (χ4v) is 2.90. The maximum Gasteiger partial charge on any atom is 0.232 e. The van der Waals surface area contributed by atoms with Crippen LogP contribution < -0.4 is 10.6 Å². The zero-order chi connectivity index (χ0) is 10.4. The molecule has 1 aromatic rings. The molecule has 0 bridgehead atoms. The number of hydrogen-bond acceptors (Lipinski definition) is 2. The molecule has 78 valence electrons. The minimum Gasteiger partial charge on any atom is -0.325 e. The van der Waals surface area contributed by atoms with E-state index >= 15 is 0 Å². The third kappa shape index (κ3) is 1.32. The van der Waals surface area contributed by atoms with Gasteiger partial charge in [-0.25, -0.2) is 0 Å². The number of carbonyl (C=O) groups is 1. The fourth-order valence-electron chi connectivity index (χ4n) is 2.41. The molecule has 1 amide bonds. The topological polar surface area (TPSA) is 41.1 Å². The van der Waals surface area contributed by atoms with Gasteiger partial charge in [0.25, 0.3) is 0 Å². The highest BCUT2D eigenvalue weighted by atomic mass is 79.9. The van der Waals surface area contributed by atoms with Gasteiger partial charge in [-0.1, -0.05) is 15.9 Å². The first-order valence-electron chi connectivity index (χ1n) is 5.10. The summed E-state index contributed by atoms with van der Waals surface area (Å²) in [5, 5.41) is 6.29. The van der Waals surface area contributed by atoms with Gasteiger partial charge in [-0.2, -0.15) is 0 Å². The smallest absolute Gasteiger partial charge is 0.232 e. The molecule has 0 saturated carbocycles. The van der Waals surface area contributed by atoms with Crippen LogP contribution >= 0.6 is 15.9 Å². The highest BCUT2D eigenvalue weighted by Gasteiger charge is 2.34. The molecule has 2 aliphatic rings. The lowest BCUT2D eigenvalue weighted by molar-refractivity contribution is -0.117. The third-order valence-corrected chi connectivity index (χ3v) is 3.88. The van der Waals surface area contributed by atoms with Crippen molar-refractivity contribution < 1.29 is 4.79 Å². The second-order valence-electron chi connectivity index (χ2n) is 3.99. The van der Waals surface area contributed by atoms with Gasteiger partial charge in [-0.3, -0.25) is 4.79 Å². The quantitative estimate of drug-likeness (QED) is 0.754. The van der Waals surface area contributed by atoms with E-state index in [-0.39, 0.29) is 11.8 Å². The lowest BCUT2D eigenvalue weighted by Crippen LogP contribution is -2.17. The summed E-state index contributed by atoms with van der Waals surface area (Å²) in [6, 6.07) is 3.98. The van der Waals surface area contributed by atoms with E-state index in [2.05, 4.69) is 26.6 Å². The first kappa shape index (κ1) is 9.36. The highest BCUT2D eigenvalue weighted by molar-refractivity contribution is 9.10. The van der Waals surface area contributed by atoms with Crippen LogP contribution in [0.4, 0.5) is 5.69 Å². The number of amides is 1. The molecule has 0 radical (unpaired) electrons. The second kappa shape index (κ2) is 3.32. The maximum atomic E-state index is 11.8. The van der Waals surface area contributed by atoms with Crippen LogP contribution in [0.5, 0.6) is 0 Å². The average molecular weight is 267 g/mol. The molecule has 1 unspecified atom stereocenters. The lowest BCUT2D eigenvalue weighted by Gasteiger charge is -2.09. The van der Waals surface area contributed by atoms with E-state index in [1.54, 1.807) is 0 Å². The molecule has 0 spiro atoms. The zero-order valence-corrected chi connectivity index (χ0v) is 9.73. The van der Waals surface area contributed by atoms with Gasteiger partial charge in [0.15, 0.2) is 0 Å². The van der Waals surface area contributed by atoms with Gasteiger partial charge in [0.2, 0.25) is 5.91 Å². The number of anilines is 1. The molecule has 0 fully saturated rings. The Morgan fingerprint density at radius 2 is 2.27 bits per heavy atom. The van der Waals surface area contributed by atoms with Gasteiger partial charge in [-0.05, 0) is 36.2 Å². The van der Waals surface area contributed by atoms with E-state index in [0.717, 1.165) is 29.7 Å². The van der Waals surface area contributed by atoms with Crippen molar-refractivity contribution in [3.63, 3.8) is 0 Å². The van der Waals surface area contributed by atoms with E-state index < -0.39 is 0 Å². The molecule has 4 heteroatoms. The van der Waals surface area contributed by atoms with Crippen molar-refractivity contribution in [2.45, 2.75) is 18.9 Å². The Kier molecular flexibility index (Phi) is 2.07. The SMILES string of the molecule is O=C1Nc2ccc(Br)c3c2C1CCNC3. The molecule has 1 aromatic carbocycles. The highest BCUT2D eigenvalue weighted by Crippen LogP contribution is 2.41. The summed E-state index contributed by atoms with van der Waals surface area (Å²) in [4.78, 5) is 11.8. The number of halogens is 1. The van der Waals surface area contributed by atoms with Crippen LogP contribution in [0.25, 0.3) is 0 Å². The molecule has 3 nitrogen and oxygen atoms in total. The maximum absolute atomic E-state index is 11.8. The zero-order valence-electron chi connectivity index (χ0n) is 8.14. The van der Waals surface area contributed by atoms with Crippen molar-refractivity contribution in [3.05, 3.63) is 27.7 Å². The van der Waals surface area contributed by atoms with Gasteiger partial charge < -0.3 is 10.6 Å². The van der Waals surface area contributed by atoms with Crippen LogP contribution in [0, 0.1) is 0 Å². The first-order valence-corrected chi connectivity index (χ1v) is 5.89. The van der Waals surface area contributed by atoms with Gasteiger partial charge >= 0.3 is 0 Å². The van der Waals surface area contributed by atoms with Gasteiger partial charge in [0, 0.05) is 16.7 Å². The monoisotopic (exact) mass is 266 g/mol. The number of benzene rings is 1. The molecular weight excluding hydrogens is 256 g/mol. The Balaban J connectivity index is 2.24. The molecule has 2 aliphatic heterocycles. The van der Waals surface area contributed by atoms with Gasteiger partial charge in [-0.15, -0.1) is 0 Å². The van der Waals surface area contributed by atoms with Crippen molar-refractivity contribution in [2.24, 2.45) is 0 Å². The van der Waals surface area contributed by atoms with Crippen LogP contribution in [0.2, 0.25) is 0 Å². The molecule has 0 saturated heterocycles. The van der Waals surface area contributed by atoms with Gasteiger partial charge in [0.05, 0.1) is 5.92 Å². The molecule has 2 N–H and O–H groups in total. The summed E-state index contributed by atoms with van der Waals surface area (Å²) in [5.74, 6) is 0.190. The fraction of sp³-hybridized carbons (Fsp3) is 0.364. The Morgan fingerprint density at radius 3 is 3.13 bits per heavy atom. The molecule has 15 heavy (non-hydrogen) atoms. The molecule has 1 atom stereocenters. The summed E-state index contributed by atoms with van der Waals surface area (Å²) in [7, 11) is 0. The van der Waals surface area contributed by atoms with E-state index in [1.165, 1.54) is 11.1 Å². The molecular formula is C11H11BrN2O. The molecule has 2 heterocycles. The standard InChI is InChI=1S/C11H11BrN2O/c12-8-1-2-9-10-6(11(15)14-9)3-4-13-5-7(8)10/h1-2,6,13H,3-5H2,(H,14,15). The predicted molar refractivity (Wildman–Crippen MR) is 61.8 cm³/mol. The largest absolute Gasteiger partial charge is 0.325 e. The minimum absolute atomic E-state index is 0.0440. The van der Waals surface area contributed by atoms with E-state index in [0.29, 0.717) is 0 Å². The van der Waals surface area contributed by atoms with Crippen molar-refractivity contribution in [2.75, 3.05) is 11.9 Å². The number of nitrogens with one attached hydrogen (secondary N) is 2. The summed E-state index contributed by atoms with van der Waals surface area (Å²) in [6.45, 7) is 1.74. The van der Waals surface area contributed by atoms with Crippen LogP contribution in [0.3, 0.4) is 0 Å². The first-order chi connectivity index (χ1) is 7.27. The molecule has 0 aromatic heterocycles. The Hall–Kier alpha value is -0.870. The summed E-state index contributed by atoms with van der Waals surface area (Å²) in [6.07, 6.45) is 0.891. The van der Waals surface area contributed by atoms with E-state index in [9.17, 15) is 4.79 Å². The lowest BCUT2D eigenvalue weighted by atomic mass is 9.94. The second-order valence-corrected chi connectivity index (χ2v) is 4.85. The van der Waals surface area contributed by atoms with Crippen molar-refractivity contribution in [1.29, 1.82) is 0 Å². The predicted octanol–water partition coefficient (Wildman–Crippen LogP) is 1.98. The average Bonchev–Trinajstić information content (AvgIpc) is 2.44. The van der Waals surface area contributed by atoms with E-state index in [1.807, 2.05) is 12.1 Å². The molecule has 3 rings (SSSR count). The van der Waals surface area contributed by atoms with Crippen LogP contribution in [0.15, 0.2) is 16.6 Å². The Bertz CT molecular complexity index is 444. The van der Waals surface area contributed by atoms with Gasteiger partial charge in [0.1, 0.15) is 0 Å². The van der Waals surface area contributed by atoms with E-state index in [4.69, 9.17) is 0 Å². The Morgan fingerprint density at radius 1 is 1.40 bits per heavy atom. The summed E-state index contributed by atoms with van der Waals surface area (Å²) in [5.41, 5.74) is 3.42. The van der Waals surface area contributed by atoms with Crippen LogP contribution in [0.1, 0.15) is 23.5 Å². The number of rotatable bonds is 0. The normalized spacial score (nSPS) is 23.3. The van der Waals surface area contributed by atoms with Crippen molar-refractivity contribution >= 4 is 27.5 Å². The van der Waals surface area contributed by atoms with Crippen LogP contribution in [-0.2, 0) is 11.3 Å². The number of carbonyl (C=O) groups excluding carboxylic acids is 1. The summed E-state index contributed by atoms with van der Waals surface area (Å²) < 4.78 is 1.09. The van der Waals surface area contributed by atoms with Crippen molar-refractivity contribution in [3.8, 4) is 0 Å².